The molecule has 0 spiro atoms. The molecule has 3 amide bonds. The number of rotatable bonds is 5. The van der Waals surface area contributed by atoms with Gasteiger partial charge in [0.1, 0.15) is 0 Å². The summed E-state index contributed by atoms with van der Waals surface area (Å²) >= 11 is 0. The lowest BCUT2D eigenvalue weighted by Crippen LogP contribution is -2.59. The minimum atomic E-state index is -0.349. The molecule has 1 aromatic rings. The van der Waals surface area contributed by atoms with Crippen LogP contribution >= 0.6 is 0 Å². The van der Waals surface area contributed by atoms with Gasteiger partial charge in [0.15, 0.2) is 0 Å². The summed E-state index contributed by atoms with van der Waals surface area (Å²) in [6, 6.07) is 6.64. The molecule has 0 aromatic heterocycles. The van der Waals surface area contributed by atoms with Crippen molar-refractivity contribution >= 4 is 23.4 Å². The van der Waals surface area contributed by atoms with Crippen molar-refractivity contribution in [2.75, 3.05) is 25.3 Å². The number of carbonyl (C=O) groups is 3. The highest BCUT2D eigenvalue weighted by Gasteiger charge is 2.42. The number of hydrogen-bond donors (Lipinski definition) is 2. The van der Waals surface area contributed by atoms with Gasteiger partial charge in [0.25, 0.3) is 5.91 Å². The highest BCUT2D eigenvalue weighted by molar-refractivity contribution is 6.05. The second-order valence-electron chi connectivity index (χ2n) is 6.10. The Morgan fingerprint density at radius 1 is 1.28 bits per heavy atom. The Kier molecular flexibility index (Phi) is 5.14. The highest BCUT2D eigenvalue weighted by atomic mass is 16.5. The molecule has 7 nitrogen and oxygen atoms in total. The van der Waals surface area contributed by atoms with Gasteiger partial charge in [-0.1, -0.05) is 18.2 Å². The normalized spacial score (nSPS) is 22.4. The molecular weight excluding hydrogens is 322 g/mol. The highest BCUT2D eigenvalue weighted by Crippen LogP contribution is 2.32. The lowest BCUT2D eigenvalue weighted by atomic mass is 9.80. The van der Waals surface area contributed by atoms with E-state index in [-0.39, 0.29) is 29.6 Å². The van der Waals surface area contributed by atoms with Crippen LogP contribution in [-0.4, -0.2) is 38.0 Å². The molecule has 132 valence electrons. The van der Waals surface area contributed by atoms with Crippen LogP contribution in [0, 0.1) is 11.8 Å². The molecule has 1 aromatic carbocycles. The minimum Gasteiger partial charge on any atom is -0.383 e. The Morgan fingerprint density at radius 3 is 2.80 bits per heavy atom. The third-order valence-corrected chi connectivity index (χ3v) is 4.49. The van der Waals surface area contributed by atoms with E-state index in [1.54, 1.807) is 31.4 Å². The number of benzene rings is 1. The van der Waals surface area contributed by atoms with Gasteiger partial charge >= 0.3 is 0 Å². The predicted molar refractivity (Wildman–Crippen MR) is 91.6 cm³/mol. The quantitative estimate of drug-likeness (QED) is 0.617. The maximum Gasteiger partial charge on any atom is 0.251 e. The van der Waals surface area contributed by atoms with Crippen molar-refractivity contribution in [1.82, 2.24) is 10.7 Å². The van der Waals surface area contributed by atoms with Crippen LogP contribution in [0.2, 0.25) is 0 Å². The molecular formula is C18H21N3O4. The molecule has 1 aliphatic heterocycles. The number of methoxy groups -OCH3 is 1. The van der Waals surface area contributed by atoms with Crippen molar-refractivity contribution in [3.05, 3.63) is 42.0 Å². The average molecular weight is 343 g/mol. The van der Waals surface area contributed by atoms with Crippen LogP contribution in [0.25, 0.3) is 0 Å². The third-order valence-electron chi connectivity index (χ3n) is 4.49. The van der Waals surface area contributed by atoms with E-state index in [9.17, 15) is 14.4 Å². The monoisotopic (exact) mass is 343 g/mol. The van der Waals surface area contributed by atoms with E-state index in [0.29, 0.717) is 37.2 Å². The van der Waals surface area contributed by atoms with Crippen molar-refractivity contribution in [2.45, 2.75) is 12.8 Å². The summed E-state index contributed by atoms with van der Waals surface area (Å²) < 4.78 is 4.90. The standard InChI is InChI=1S/C18H21N3O4/c1-25-10-9-19-16(22)12-5-4-6-13(11-12)21-18(24)15-8-3-2-7-14(15)17(23)20-21/h2-6,11,14-15H,7-10H2,1H3,(H,19,22)(H,20,23)/t14-,15+/m1/s1. The fourth-order valence-corrected chi connectivity index (χ4v) is 3.14. The van der Waals surface area contributed by atoms with Crippen LogP contribution in [0.4, 0.5) is 5.69 Å². The number of anilines is 1. The zero-order chi connectivity index (χ0) is 17.8. The van der Waals surface area contributed by atoms with Gasteiger partial charge in [0.2, 0.25) is 11.8 Å². The SMILES string of the molecule is COCCNC(=O)c1cccc(N2NC(=O)[C@@H]3CC=CC[C@@H]3C2=O)c1. The fourth-order valence-electron chi connectivity index (χ4n) is 3.14. The summed E-state index contributed by atoms with van der Waals surface area (Å²) in [4.78, 5) is 37.2. The zero-order valence-electron chi connectivity index (χ0n) is 14.0. The minimum absolute atomic E-state index is 0.147. The van der Waals surface area contributed by atoms with Gasteiger partial charge in [-0.15, -0.1) is 0 Å². The number of hydrazine groups is 1. The summed E-state index contributed by atoms with van der Waals surface area (Å²) in [5.41, 5.74) is 3.55. The Morgan fingerprint density at radius 2 is 2.04 bits per heavy atom. The number of carbonyl (C=O) groups excluding carboxylic acids is 3. The molecule has 2 aliphatic rings. The van der Waals surface area contributed by atoms with E-state index < -0.39 is 0 Å². The number of nitrogens with zero attached hydrogens (tertiary/aromatic N) is 1. The average Bonchev–Trinajstić information content (AvgIpc) is 2.65. The molecule has 25 heavy (non-hydrogen) atoms. The Labute approximate surface area is 146 Å². The molecule has 0 saturated carbocycles. The molecule has 1 aliphatic carbocycles. The molecule has 0 bridgehead atoms. The van der Waals surface area contributed by atoms with Gasteiger partial charge in [0, 0.05) is 19.2 Å². The maximum absolute atomic E-state index is 12.8. The van der Waals surface area contributed by atoms with Crippen LogP contribution in [-0.2, 0) is 14.3 Å². The smallest absolute Gasteiger partial charge is 0.251 e. The molecule has 0 unspecified atom stereocenters. The summed E-state index contributed by atoms with van der Waals surface area (Å²) in [5.74, 6) is -1.23. The molecule has 2 atom stereocenters. The lowest BCUT2D eigenvalue weighted by Gasteiger charge is -2.38. The predicted octanol–water partition coefficient (Wildman–Crippen LogP) is 1.02. The van der Waals surface area contributed by atoms with E-state index in [1.165, 1.54) is 5.01 Å². The van der Waals surface area contributed by atoms with Gasteiger partial charge in [-0.2, -0.15) is 0 Å². The number of nitrogens with one attached hydrogen (secondary N) is 2. The molecule has 1 heterocycles. The van der Waals surface area contributed by atoms with Crippen molar-refractivity contribution in [3.63, 3.8) is 0 Å². The second-order valence-corrected chi connectivity index (χ2v) is 6.10. The summed E-state index contributed by atoms with van der Waals surface area (Å²) in [6.45, 7) is 0.817. The third kappa shape index (κ3) is 3.56. The van der Waals surface area contributed by atoms with Crippen LogP contribution < -0.4 is 15.8 Å². The van der Waals surface area contributed by atoms with Crippen LogP contribution in [0.1, 0.15) is 23.2 Å². The van der Waals surface area contributed by atoms with Crippen LogP contribution in [0.15, 0.2) is 36.4 Å². The number of allylic oxidation sites excluding steroid dienone is 2. The summed E-state index contributed by atoms with van der Waals surface area (Å²) in [6.07, 6.45) is 5.02. The summed E-state index contributed by atoms with van der Waals surface area (Å²) in [7, 11) is 1.56. The first-order valence-electron chi connectivity index (χ1n) is 8.28. The first kappa shape index (κ1) is 17.2. The second kappa shape index (κ2) is 7.48. The lowest BCUT2D eigenvalue weighted by molar-refractivity contribution is -0.139. The van der Waals surface area contributed by atoms with Gasteiger partial charge in [-0.3, -0.25) is 19.8 Å². The van der Waals surface area contributed by atoms with Crippen molar-refractivity contribution < 1.29 is 19.1 Å². The van der Waals surface area contributed by atoms with Crippen LogP contribution in [0.5, 0.6) is 0 Å². The molecule has 2 N–H and O–H groups in total. The molecule has 1 saturated heterocycles. The fraction of sp³-hybridized carbons (Fsp3) is 0.389. The van der Waals surface area contributed by atoms with E-state index in [4.69, 9.17) is 4.74 Å². The first-order chi connectivity index (χ1) is 12.1. The number of amides is 3. The maximum atomic E-state index is 12.8. The first-order valence-corrected chi connectivity index (χ1v) is 8.28. The molecule has 0 radical (unpaired) electrons. The van der Waals surface area contributed by atoms with E-state index in [1.807, 2.05) is 12.2 Å². The number of fused-ring (bicyclic) bond motifs is 1. The van der Waals surface area contributed by atoms with Gasteiger partial charge < -0.3 is 10.1 Å². The topological polar surface area (TPSA) is 87.7 Å². The molecule has 3 rings (SSSR count). The Hall–Kier alpha value is -2.67. The number of ether oxygens (including phenoxy) is 1. The Balaban J connectivity index is 1.78. The van der Waals surface area contributed by atoms with E-state index >= 15 is 0 Å². The molecule has 7 heteroatoms. The van der Waals surface area contributed by atoms with Gasteiger partial charge in [-0.05, 0) is 31.0 Å². The van der Waals surface area contributed by atoms with Crippen LogP contribution in [0.3, 0.4) is 0 Å². The van der Waals surface area contributed by atoms with Gasteiger partial charge in [0.05, 0.1) is 24.1 Å². The van der Waals surface area contributed by atoms with Crippen molar-refractivity contribution in [3.8, 4) is 0 Å². The largest absolute Gasteiger partial charge is 0.383 e. The zero-order valence-corrected chi connectivity index (χ0v) is 14.0. The Bertz CT molecular complexity index is 716. The van der Waals surface area contributed by atoms with Crippen molar-refractivity contribution in [2.24, 2.45) is 11.8 Å². The van der Waals surface area contributed by atoms with Gasteiger partial charge in [-0.25, -0.2) is 5.01 Å². The van der Waals surface area contributed by atoms with E-state index in [0.717, 1.165) is 0 Å². The van der Waals surface area contributed by atoms with E-state index in [2.05, 4.69) is 10.7 Å². The molecule has 1 fully saturated rings. The summed E-state index contributed by atoms with van der Waals surface area (Å²) in [5, 5.41) is 3.99. The van der Waals surface area contributed by atoms with Crippen molar-refractivity contribution in [1.29, 1.82) is 0 Å². The number of hydrogen-bond acceptors (Lipinski definition) is 4.